The lowest BCUT2D eigenvalue weighted by Gasteiger charge is -2.23. The molecule has 18 heavy (non-hydrogen) atoms. The molecule has 0 radical (unpaired) electrons. The molecule has 0 spiro atoms. The molecule has 0 aromatic heterocycles. The second-order valence-corrected chi connectivity index (χ2v) is 4.43. The van der Waals surface area contributed by atoms with E-state index >= 15 is 0 Å². The number of carbonyl (C=O) groups is 1. The molecule has 4 nitrogen and oxygen atoms in total. The van der Waals surface area contributed by atoms with Crippen molar-refractivity contribution in [1.82, 2.24) is 0 Å². The van der Waals surface area contributed by atoms with E-state index in [1.165, 1.54) is 0 Å². The van der Waals surface area contributed by atoms with Gasteiger partial charge in [-0.1, -0.05) is 32.4 Å². The average Bonchev–Trinajstić information content (AvgIpc) is 2.36. The lowest BCUT2D eigenvalue weighted by Crippen LogP contribution is -2.35. The van der Waals surface area contributed by atoms with E-state index < -0.39 is 12.0 Å². The number of hydrogen-bond donors (Lipinski definition) is 2. The molecule has 2 atom stereocenters. The summed E-state index contributed by atoms with van der Waals surface area (Å²) < 4.78 is 5.21. The van der Waals surface area contributed by atoms with Crippen LogP contribution in [0.25, 0.3) is 0 Å². The highest BCUT2D eigenvalue weighted by molar-refractivity contribution is 5.78. The molecule has 2 unspecified atom stereocenters. The minimum absolute atomic E-state index is 0.0670. The Morgan fingerprint density at radius 3 is 2.67 bits per heavy atom. The van der Waals surface area contributed by atoms with Gasteiger partial charge in [0.15, 0.2) is 0 Å². The molecule has 0 heterocycles. The van der Waals surface area contributed by atoms with Crippen molar-refractivity contribution in [2.24, 2.45) is 5.92 Å². The van der Waals surface area contributed by atoms with Crippen LogP contribution in [0.4, 0.5) is 5.69 Å². The fourth-order valence-corrected chi connectivity index (χ4v) is 2.00. The second-order valence-electron chi connectivity index (χ2n) is 4.43. The van der Waals surface area contributed by atoms with E-state index in [-0.39, 0.29) is 5.92 Å². The summed E-state index contributed by atoms with van der Waals surface area (Å²) in [6, 6.07) is 6.75. The minimum atomic E-state index is -0.832. The molecule has 1 aromatic carbocycles. The Balaban J connectivity index is 2.86. The van der Waals surface area contributed by atoms with Crippen LogP contribution in [0.2, 0.25) is 0 Å². The highest BCUT2D eigenvalue weighted by Crippen LogP contribution is 2.26. The molecule has 1 rings (SSSR count). The maximum absolute atomic E-state index is 11.3. The molecule has 0 amide bonds. The smallest absolute Gasteiger partial charge is 0.326 e. The largest absolute Gasteiger partial charge is 0.495 e. The molecule has 0 aliphatic carbocycles. The Morgan fingerprint density at radius 2 is 2.11 bits per heavy atom. The molecule has 1 aromatic rings. The third-order valence-corrected chi connectivity index (χ3v) is 3.00. The third-order valence-electron chi connectivity index (χ3n) is 3.00. The molecule has 0 saturated carbocycles. The Kier molecular flexibility index (Phi) is 5.49. The summed E-state index contributed by atoms with van der Waals surface area (Å²) in [5.74, 6) is -0.105. The first-order valence-electron chi connectivity index (χ1n) is 6.22. The van der Waals surface area contributed by atoms with Crippen LogP contribution in [0.1, 0.15) is 26.7 Å². The Hall–Kier alpha value is -1.71. The van der Waals surface area contributed by atoms with Crippen LogP contribution >= 0.6 is 0 Å². The number of carboxylic acids is 1. The Labute approximate surface area is 108 Å². The van der Waals surface area contributed by atoms with Crippen LogP contribution in [-0.2, 0) is 4.79 Å². The second kappa shape index (κ2) is 6.89. The maximum Gasteiger partial charge on any atom is 0.326 e. The molecule has 0 aliphatic rings. The number of hydrogen-bond acceptors (Lipinski definition) is 3. The van der Waals surface area contributed by atoms with Crippen LogP contribution in [0, 0.1) is 5.92 Å². The molecule has 0 fully saturated rings. The number of aliphatic carboxylic acids is 1. The zero-order chi connectivity index (χ0) is 13.5. The number of carboxylic acid groups (broad SMARTS) is 1. The van der Waals surface area contributed by atoms with E-state index in [0.29, 0.717) is 5.75 Å². The van der Waals surface area contributed by atoms with Gasteiger partial charge in [0.05, 0.1) is 12.8 Å². The first-order valence-corrected chi connectivity index (χ1v) is 6.22. The minimum Gasteiger partial charge on any atom is -0.495 e. The summed E-state index contributed by atoms with van der Waals surface area (Å²) in [5.41, 5.74) is 0.718. The van der Waals surface area contributed by atoms with Crippen molar-refractivity contribution < 1.29 is 14.6 Å². The molecule has 0 bridgehead atoms. The van der Waals surface area contributed by atoms with Gasteiger partial charge in [0, 0.05) is 0 Å². The number of nitrogens with one attached hydrogen (secondary N) is 1. The van der Waals surface area contributed by atoms with Crippen LogP contribution in [0.15, 0.2) is 24.3 Å². The monoisotopic (exact) mass is 251 g/mol. The van der Waals surface area contributed by atoms with Gasteiger partial charge in [-0.25, -0.2) is 4.79 Å². The molecule has 2 N–H and O–H groups in total. The van der Waals surface area contributed by atoms with Crippen molar-refractivity contribution in [2.45, 2.75) is 32.7 Å². The first kappa shape index (κ1) is 14.4. The van der Waals surface area contributed by atoms with E-state index in [4.69, 9.17) is 4.74 Å². The van der Waals surface area contributed by atoms with Crippen molar-refractivity contribution in [3.63, 3.8) is 0 Å². The fourth-order valence-electron chi connectivity index (χ4n) is 2.00. The van der Waals surface area contributed by atoms with E-state index in [0.717, 1.165) is 18.5 Å². The standard InChI is InChI=1S/C14H21NO3/c1-4-7-10(2)13(14(16)17)15-11-8-5-6-9-12(11)18-3/h5-6,8-10,13,15H,4,7H2,1-3H3,(H,16,17). The van der Waals surface area contributed by atoms with Gasteiger partial charge in [-0.15, -0.1) is 0 Å². The topological polar surface area (TPSA) is 58.6 Å². The van der Waals surface area contributed by atoms with Crippen molar-refractivity contribution in [1.29, 1.82) is 0 Å². The van der Waals surface area contributed by atoms with Crippen molar-refractivity contribution in [3.05, 3.63) is 24.3 Å². The lowest BCUT2D eigenvalue weighted by atomic mass is 9.96. The zero-order valence-electron chi connectivity index (χ0n) is 11.1. The van der Waals surface area contributed by atoms with Gasteiger partial charge >= 0.3 is 5.97 Å². The lowest BCUT2D eigenvalue weighted by molar-refractivity contribution is -0.139. The number of benzene rings is 1. The van der Waals surface area contributed by atoms with Gasteiger partial charge in [0.2, 0.25) is 0 Å². The van der Waals surface area contributed by atoms with E-state index in [9.17, 15) is 9.90 Å². The fraction of sp³-hybridized carbons (Fsp3) is 0.500. The quantitative estimate of drug-likeness (QED) is 0.782. The summed E-state index contributed by atoms with van der Waals surface area (Å²) in [6.45, 7) is 4.00. The molecule has 0 aliphatic heterocycles. The van der Waals surface area contributed by atoms with E-state index in [2.05, 4.69) is 12.2 Å². The van der Waals surface area contributed by atoms with Gasteiger partial charge in [-0.05, 0) is 24.5 Å². The van der Waals surface area contributed by atoms with Crippen LogP contribution in [0.5, 0.6) is 5.75 Å². The van der Waals surface area contributed by atoms with Crippen molar-refractivity contribution in [3.8, 4) is 5.75 Å². The van der Waals surface area contributed by atoms with Gasteiger partial charge in [-0.3, -0.25) is 0 Å². The normalized spacial score (nSPS) is 13.7. The highest BCUT2D eigenvalue weighted by atomic mass is 16.5. The predicted octanol–water partition coefficient (Wildman–Crippen LogP) is 3.00. The molecule has 4 heteroatoms. The van der Waals surface area contributed by atoms with Crippen LogP contribution in [-0.4, -0.2) is 24.2 Å². The van der Waals surface area contributed by atoms with E-state index in [1.807, 2.05) is 31.2 Å². The zero-order valence-corrected chi connectivity index (χ0v) is 11.1. The van der Waals surface area contributed by atoms with Crippen LogP contribution < -0.4 is 10.1 Å². The number of rotatable bonds is 7. The highest BCUT2D eigenvalue weighted by Gasteiger charge is 2.24. The predicted molar refractivity (Wildman–Crippen MR) is 72.1 cm³/mol. The van der Waals surface area contributed by atoms with Gasteiger partial charge in [-0.2, -0.15) is 0 Å². The van der Waals surface area contributed by atoms with Gasteiger partial charge in [0.25, 0.3) is 0 Å². The summed E-state index contributed by atoms with van der Waals surface area (Å²) in [7, 11) is 1.58. The summed E-state index contributed by atoms with van der Waals surface area (Å²) >= 11 is 0. The number of ether oxygens (including phenoxy) is 1. The molecular formula is C14H21NO3. The van der Waals surface area contributed by atoms with E-state index in [1.54, 1.807) is 7.11 Å². The number of para-hydroxylation sites is 2. The Morgan fingerprint density at radius 1 is 1.44 bits per heavy atom. The molecule has 0 saturated heterocycles. The van der Waals surface area contributed by atoms with Crippen LogP contribution in [0.3, 0.4) is 0 Å². The summed E-state index contributed by atoms with van der Waals surface area (Å²) in [5, 5.41) is 12.3. The van der Waals surface area contributed by atoms with Crippen molar-refractivity contribution >= 4 is 11.7 Å². The maximum atomic E-state index is 11.3. The van der Waals surface area contributed by atoms with Gasteiger partial charge in [0.1, 0.15) is 11.8 Å². The molecular weight excluding hydrogens is 230 g/mol. The first-order chi connectivity index (χ1) is 8.60. The molecule has 100 valence electrons. The number of methoxy groups -OCH3 is 1. The van der Waals surface area contributed by atoms with Crippen molar-refractivity contribution in [2.75, 3.05) is 12.4 Å². The summed E-state index contributed by atoms with van der Waals surface area (Å²) in [4.78, 5) is 11.3. The number of anilines is 1. The Bertz CT molecular complexity index is 392. The average molecular weight is 251 g/mol. The SMILES string of the molecule is CCCC(C)C(Nc1ccccc1OC)C(=O)O. The summed E-state index contributed by atoms with van der Waals surface area (Å²) in [6.07, 6.45) is 1.84. The third kappa shape index (κ3) is 3.65. The van der Waals surface area contributed by atoms with Gasteiger partial charge < -0.3 is 15.2 Å².